The molecule has 1 aliphatic carbocycles. The highest BCUT2D eigenvalue weighted by Crippen LogP contribution is 2.38. The molecule has 0 atom stereocenters. The first kappa shape index (κ1) is 27.6. The van der Waals surface area contributed by atoms with E-state index in [-0.39, 0.29) is 6.67 Å². The maximum atomic E-state index is 12.7. The molecular formula is C36H47F. The molecule has 0 unspecified atom stereocenters. The summed E-state index contributed by atoms with van der Waals surface area (Å²) in [6.45, 7) is 1.91. The highest BCUT2D eigenvalue weighted by atomic mass is 19.1. The van der Waals surface area contributed by atoms with Crippen molar-refractivity contribution in [3.05, 3.63) is 95.1 Å². The Balaban J connectivity index is 1.19. The number of hydrogen-bond donors (Lipinski definition) is 0. The Morgan fingerprint density at radius 3 is 1.62 bits per heavy atom. The first-order chi connectivity index (χ1) is 18.2. The Morgan fingerprint density at radius 2 is 1.05 bits per heavy atom. The minimum absolute atomic E-state index is 0.386. The molecule has 4 rings (SSSR count). The van der Waals surface area contributed by atoms with E-state index in [0.717, 1.165) is 30.2 Å². The van der Waals surface area contributed by atoms with Gasteiger partial charge in [-0.05, 0) is 83.7 Å². The Hall–Kier alpha value is -2.41. The van der Waals surface area contributed by atoms with Gasteiger partial charge >= 0.3 is 0 Å². The van der Waals surface area contributed by atoms with Gasteiger partial charge in [-0.25, -0.2) is 4.39 Å². The van der Waals surface area contributed by atoms with E-state index >= 15 is 0 Å². The molecule has 3 aromatic rings. The lowest BCUT2D eigenvalue weighted by atomic mass is 9.77. The second kappa shape index (κ2) is 15.1. The molecule has 0 spiro atoms. The summed E-state index contributed by atoms with van der Waals surface area (Å²) >= 11 is 0. The third-order valence-electron chi connectivity index (χ3n) is 8.61. The van der Waals surface area contributed by atoms with E-state index in [0.29, 0.717) is 0 Å². The molecule has 37 heavy (non-hydrogen) atoms. The zero-order valence-corrected chi connectivity index (χ0v) is 23.1. The van der Waals surface area contributed by atoms with Gasteiger partial charge in [-0.3, -0.25) is 0 Å². The van der Waals surface area contributed by atoms with Crippen molar-refractivity contribution in [2.45, 2.75) is 109 Å². The molecular weight excluding hydrogens is 451 g/mol. The third kappa shape index (κ3) is 8.84. The van der Waals surface area contributed by atoms with Crippen LogP contribution in [0.3, 0.4) is 0 Å². The van der Waals surface area contributed by atoms with Gasteiger partial charge in [0.25, 0.3) is 0 Å². The largest absolute Gasteiger partial charge is 0.246 e. The lowest BCUT2D eigenvalue weighted by Crippen LogP contribution is -2.13. The van der Waals surface area contributed by atoms with Crippen molar-refractivity contribution in [1.82, 2.24) is 0 Å². The molecule has 0 amide bonds. The fourth-order valence-corrected chi connectivity index (χ4v) is 6.07. The molecule has 0 aliphatic heterocycles. The van der Waals surface area contributed by atoms with Crippen LogP contribution in [0.15, 0.2) is 72.8 Å². The molecule has 0 N–H and O–H groups in total. The first-order valence-electron chi connectivity index (χ1n) is 15.1. The number of alkyl halides is 1. The topological polar surface area (TPSA) is 0 Å². The maximum absolute atomic E-state index is 12.7. The van der Waals surface area contributed by atoms with Crippen LogP contribution in [0.2, 0.25) is 0 Å². The highest BCUT2D eigenvalue weighted by molar-refractivity contribution is 5.64. The number of unbranched alkanes of at least 4 members (excludes halogenated alkanes) is 6. The van der Waals surface area contributed by atoms with Gasteiger partial charge < -0.3 is 0 Å². The number of benzene rings is 3. The molecule has 1 saturated carbocycles. The zero-order valence-electron chi connectivity index (χ0n) is 23.1. The van der Waals surface area contributed by atoms with Gasteiger partial charge in [0.05, 0.1) is 0 Å². The number of halogens is 1. The van der Waals surface area contributed by atoms with Crippen molar-refractivity contribution < 1.29 is 4.39 Å². The molecule has 1 aliphatic rings. The third-order valence-corrected chi connectivity index (χ3v) is 8.61. The average Bonchev–Trinajstić information content (AvgIpc) is 2.96. The number of aryl methyl sites for hydroxylation is 2. The molecule has 3 aromatic carbocycles. The number of hydrogen-bond acceptors (Lipinski definition) is 0. The van der Waals surface area contributed by atoms with Gasteiger partial charge in [0.15, 0.2) is 0 Å². The van der Waals surface area contributed by atoms with Gasteiger partial charge in [0, 0.05) is 0 Å². The lowest BCUT2D eigenvalue weighted by molar-refractivity contribution is 0.302. The smallest absolute Gasteiger partial charge is 0.115 e. The van der Waals surface area contributed by atoms with E-state index in [2.05, 4.69) is 55.5 Å². The summed E-state index contributed by atoms with van der Waals surface area (Å²) in [7, 11) is 0. The fraction of sp³-hybridized carbons (Fsp3) is 0.500. The summed E-state index contributed by atoms with van der Waals surface area (Å²) in [5, 5.41) is 0. The van der Waals surface area contributed by atoms with Crippen LogP contribution in [0.1, 0.15) is 112 Å². The normalized spacial score (nSPS) is 17.7. The summed E-state index contributed by atoms with van der Waals surface area (Å²) < 4.78 is 12.7. The Kier molecular flexibility index (Phi) is 11.3. The van der Waals surface area contributed by atoms with Crippen LogP contribution in [0, 0.1) is 5.92 Å². The highest BCUT2D eigenvalue weighted by Gasteiger charge is 2.22. The van der Waals surface area contributed by atoms with Crippen LogP contribution in [-0.2, 0) is 19.5 Å². The fourth-order valence-electron chi connectivity index (χ4n) is 6.07. The second-order valence-electron chi connectivity index (χ2n) is 11.4. The van der Waals surface area contributed by atoms with Gasteiger partial charge in [0.2, 0.25) is 0 Å². The van der Waals surface area contributed by atoms with Crippen LogP contribution >= 0.6 is 0 Å². The maximum Gasteiger partial charge on any atom is 0.115 e. The molecule has 1 fully saturated rings. The standard InChI is InChI=1S/C36H47F/c1-2-3-4-5-6-7-8-9-29-16-20-33(21-17-29)35-24-26-36(27-25-35)34-22-18-31(19-23-34)11-10-30-12-14-32(28-37)15-13-30/h12-15,18-19,22-27,29,33H,2-11,16-17,20-21,28H2,1H3. The average molecular weight is 499 g/mol. The minimum atomic E-state index is -0.386. The van der Waals surface area contributed by atoms with Crippen molar-refractivity contribution in [3.8, 4) is 11.1 Å². The van der Waals surface area contributed by atoms with Crippen molar-refractivity contribution in [2.75, 3.05) is 0 Å². The summed E-state index contributed by atoms with van der Waals surface area (Å²) in [5.41, 5.74) is 7.51. The number of rotatable bonds is 14. The molecule has 0 heterocycles. The minimum Gasteiger partial charge on any atom is -0.246 e. The van der Waals surface area contributed by atoms with Crippen molar-refractivity contribution in [1.29, 1.82) is 0 Å². The predicted molar refractivity (Wildman–Crippen MR) is 158 cm³/mol. The first-order valence-corrected chi connectivity index (χ1v) is 15.1. The molecule has 0 radical (unpaired) electrons. The molecule has 0 nitrogen and oxygen atoms in total. The van der Waals surface area contributed by atoms with E-state index < -0.39 is 0 Å². The molecule has 198 valence electrons. The lowest BCUT2D eigenvalue weighted by Gasteiger charge is -2.29. The molecule has 0 aromatic heterocycles. The van der Waals surface area contributed by atoms with E-state index in [1.54, 1.807) is 0 Å². The van der Waals surface area contributed by atoms with Gasteiger partial charge in [-0.2, -0.15) is 0 Å². The van der Waals surface area contributed by atoms with Gasteiger partial charge in [-0.15, -0.1) is 0 Å². The Bertz CT molecular complexity index is 1010. The van der Waals surface area contributed by atoms with E-state index in [9.17, 15) is 4.39 Å². The summed E-state index contributed by atoms with van der Waals surface area (Å²) in [5.74, 6) is 1.72. The van der Waals surface area contributed by atoms with Crippen molar-refractivity contribution >= 4 is 0 Å². The van der Waals surface area contributed by atoms with Crippen LogP contribution in [0.4, 0.5) is 4.39 Å². The second-order valence-corrected chi connectivity index (χ2v) is 11.4. The van der Waals surface area contributed by atoms with Gasteiger partial charge in [0.1, 0.15) is 6.67 Å². The summed E-state index contributed by atoms with van der Waals surface area (Å²) in [6, 6.07) is 26.3. The van der Waals surface area contributed by atoms with Crippen LogP contribution in [0.5, 0.6) is 0 Å². The Morgan fingerprint density at radius 1 is 0.568 bits per heavy atom. The molecule has 1 heteroatoms. The zero-order chi connectivity index (χ0) is 25.7. The quantitative estimate of drug-likeness (QED) is 0.194. The van der Waals surface area contributed by atoms with Crippen LogP contribution < -0.4 is 0 Å². The molecule has 0 saturated heterocycles. The van der Waals surface area contributed by atoms with Gasteiger partial charge in [-0.1, -0.05) is 131 Å². The van der Waals surface area contributed by atoms with E-state index in [1.807, 2.05) is 24.3 Å². The van der Waals surface area contributed by atoms with Crippen molar-refractivity contribution in [2.24, 2.45) is 5.92 Å². The van der Waals surface area contributed by atoms with E-state index in [1.165, 1.54) is 105 Å². The van der Waals surface area contributed by atoms with Crippen LogP contribution in [-0.4, -0.2) is 0 Å². The van der Waals surface area contributed by atoms with E-state index in [4.69, 9.17) is 0 Å². The van der Waals surface area contributed by atoms with Crippen LogP contribution in [0.25, 0.3) is 11.1 Å². The summed E-state index contributed by atoms with van der Waals surface area (Å²) in [4.78, 5) is 0. The van der Waals surface area contributed by atoms with Crippen molar-refractivity contribution in [3.63, 3.8) is 0 Å². The monoisotopic (exact) mass is 498 g/mol. The SMILES string of the molecule is CCCCCCCCCC1CCC(c2ccc(-c3ccc(CCc4ccc(CF)cc4)cc3)cc2)CC1. The predicted octanol–water partition coefficient (Wildman–Crippen LogP) is 11.0. The molecule has 0 bridgehead atoms. The Labute approximate surface area is 225 Å². The summed E-state index contributed by atoms with van der Waals surface area (Å²) in [6.07, 6.45) is 19.0.